The Balaban J connectivity index is 2.73. The minimum absolute atomic E-state index is 0.0237. The minimum Gasteiger partial charge on any atom is -0.480 e. The van der Waals surface area contributed by atoms with Crippen LogP contribution in [-0.2, 0) is 9.59 Å². The van der Waals surface area contributed by atoms with E-state index >= 15 is 0 Å². The zero-order valence-electron chi connectivity index (χ0n) is 11.9. The van der Waals surface area contributed by atoms with Gasteiger partial charge in [-0.1, -0.05) is 30.1 Å². The van der Waals surface area contributed by atoms with E-state index < -0.39 is 12.0 Å². The van der Waals surface area contributed by atoms with Crippen LogP contribution in [0.3, 0.4) is 0 Å². The van der Waals surface area contributed by atoms with Gasteiger partial charge in [0.1, 0.15) is 6.04 Å². The van der Waals surface area contributed by atoms with Crippen LogP contribution >= 0.6 is 23.2 Å². The van der Waals surface area contributed by atoms with E-state index in [0.717, 1.165) is 6.42 Å². The second-order valence-corrected chi connectivity index (χ2v) is 5.50. The van der Waals surface area contributed by atoms with E-state index in [4.69, 9.17) is 28.3 Å². The molecule has 1 aromatic carbocycles. The van der Waals surface area contributed by atoms with Gasteiger partial charge in [-0.15, -0.1) is 0 Å². The first-order valence-electron chi connectivity index (χ1n) is 6.57. The summed E-state index contributed by atoms with van der Waals surface area (Å²) < 4.78 is 0. The van der Waals surface area contributed by atoms with Crippen molar-refractivity contribution in [3.8, 4) is 0 Å². The van der Waals surface area contributed by atoms with E-state index in [9.17, 15) is 9.59 Å². The van der Waals surface area contributed by atoms with Crippen molar-refractivity contribution in [1.29, 1.82) is 0 Å². The summed E-state index contributed by atoms with van der Waals surface area (Å²) in [6.07, 6.45) is 0.753. The molecule has 0 aliphatic heterocycles. The number of carbonyl (C=O) groups is 2. The summed E-state index contributed by atoms with van der Waals surface area (Å²) in [6.45, 7) is 3.97. The summed E-state index contributed by atoms with van der Waals surface area (Å²) in [7, 11) is 0. The lowest BCUT2D eigenvalue weighted by molar-refractivity contribution is -0.143. The Morgan fingerprint density at radius 2 is 2.05 bits per heavy atom. The summed E-state index contributed by atoms with van der Waals surface area (Å²) in [6, 6.07) is 4.02. The van der Waals surface area contributed by atoms with Crippen LogP contribution in [-0.4, -0.2) is 41.0 Å². The van der Waals surface area contributed by atoms with Crippen LogP contribution in [0.25, 0.3) is 0 Å². The number of hydrogen-bond donors (Lipinski definition) is 2. The molecule has 5 nitrogen and oxygen atoms in total. The van der Waals surface area contributed by atoms with Crippen molar-refractivity contribution in [3.63, 3.8) is 0 Å². The molecule has 116 valence electrons. The van der Waals surface area contributed by atoms with Gasteiger partial charge in [0.25, 0.3) is 0 Å². The number of halogens is 2. The monoisotopic (exact) mass is 332 g/mol. The van der Waals surface area contributed by atoms with Gasteiger partial charge in [0.15, 0.2) is 0 Å². The molecule has 0 aromatic heterocycles. The third kappa shape index (κ3) is 5.53. The van der Waals surface area contributed by atoms with E-state index in [0.29, 0.717) is 22.3 Å². The molecule has 1 amide bonds. The Hall–Kier alpha value is -1.30. The van der Waals surface area contributed by atoms with Crippen molar-refractivity contribution in [1.82, 2.24) is 4.90 Å². The average molecular weight is 333 g/mol. The molecule has 0 aliphatic carbocycles. The first-order valence-corrected chi connectivity index (χ1v) is 7.32. The van der Waals surface area contributed by atoms with E-state index in [-0.39, 0.29) is 12.5 Å². The second kappa shape index (κ2) is 8.22. The fourth-order valence-corrected chi connectivity index (χ4v) is 2.16. The van der Waals surface area contributed by atoms with Crippen molar-refractivity contribution in [2.45, 2.75) is 26.3 Å². The molecule has 1 rings (SSSR count). The Bertz CT molecular complexity index is 523. The quantitative estimate of drug-likeness (QED) is 0.804. The molecule has 2 N–H and O–H groups in total. The molecule has 0 radical (unpaired) electrons. The van der Waals surface area contributed by atoms with Gasteiger partial charge >= 0.3 is 5.97 Å². The predicted octanol–water partition coefficient (Wildman–Crippen LogP) is 3.12. The fraction of sp³-hybridized carbons (Fsp3) is 0.429. The number of carbonyl (C=O) groups excluding carboxylic acids is 1. The largest absolute Gasteiger partial charge is 0.480 e. The van der Waals surface area contributed by atoms with Crippen molar-refractivity contribution < 1.29 is 14.7 Å². The van der Waals surface area contributed by atoms with Crippen LogP contribution in [0.5, 0.6) is 0 Å². The summed E-state index contributed by atoms with van der Waals surface area (Å²) in [4.78, 5) is 24.7. The maximum atomic E-state index is 12.0. The van der Waals surface area contributed by atoms with Gasteiger partial charge in [0.05, 0.1) is 17.3 Å². The van der Waals surface area contributed by atoms with Crippen LogP contribution in [0.4, 0.5) is 5.69 Å². The number of benzene rings is 1. The number of carboxylic acids is 1. The Labute approximate surface area is 133 Å². The topological polar surface area (TPSA) is 69.6 Å². The van der Waals surface area contributed by atoms with Gasteiger partial charge in [-0.3, -0.25) is 14.5 Å². The molecule has 0 bridgehead atoms. The van der Waals surface area contributed by atoms with Crippen LogP contribution in [0, 0.1) is 0 Å². The first-order chi connectivity index (χ1) is 9.85. The Morgan fingerprint density at radius 3 is 2.62 bits per heavy atom. The number of anilines is 1. The highest BCUT2D eigenvalue weighted by atomic mass is 35.5. The number of rotatable bonds is 7. The number of nitrogens with zero attached hydrogens (tertiary/aromatic N) is 1. The molecular formula is C14H18Cl2N2O3. The van der Waals surface area contributed by atoms with Crippen LogP contribution < -0.4 is 5.32 Å². The van der Waals surface area contributed by atoms with Crippen molar-refractivity contribution in [3.05, 3.63) is 28.2 Å². The van der Waals surface area contributed by atoms with Gasteiger partial charge in [-0.2, -0.15) is 0 Å². The highest BCUT2D eigenvalue weighted by molar-refractivity contribution is 6.35. The second-order valence-electron chi connectivity index (χ2n) is 4.66. The number of nitrogens with one attached hydrogen (secondary N) is 1. The number of aliphatic carboxylic acids is 1. The van der Waals surface area contributed by atoms with E-state index in [1.165, 1.54) is 0 Å². The zero-order chi connectivity index (χ0) is 16.0. The molecule has 7 heteroatoms. The summed E-state index contributed by atoms with van der Waals surface area (Å²) in [5.41, 5.74) is 0.411. The third-order valence-electron chi connectivity index (χ3n) is 2.97. The normalized spacial score (nSPS) is 12.2. The zero-order valence-corrected chi connectivity index (χ0v) is 13.4. The van der Waals surface area contributed by atoms with Crippen LogP contribution in [0.2, 0.25) is 10.0 Å². The Morgan fingerprint density at radius 1 is 1.38 bits per heavy atom. The number of amides is 1. The molecule has 0 aliphatic rings. The molecule has 21 heavy (non-hydrogen) atoms. The van der Waals surface area contributed by atoms with Gasteiger partial charge < -0.3 is 10.4 Å². The minimum atomic E-state index is -0.961. The van der Waals surface area contributed by atoms with E-state index in [2.05, 4.69) is 5.32 Å². The lowest BCUT2D eigenvalue weighted by Gasteiger charge is -2.25. The molecular weight excluding hydrogens is 315 g/mol. The maximum Gasteiger partial charge on any atom is 0.320 e. The van der Waals surface area contributed by atoms with Crippen molar-refractivity contribution in [2.24, 2.45) is 0 Å². The highest BCUT2D eigenvalue weighted by Crippen LogP contribution is 2.25. The average Bonchev–Trinajstić information content (AvgIpc) is 2.41. The predicted molar refractivity (Wildman–Crippen MR) is 84.1 cm³/mol. The molecule has 0 saturated carbocycles. The van der Waals surface area contributed by atoms with E-state index in [1.54, 1.807) is 30.0 Å². The molecule has 0 saturated heterocycles. The van der Waals surface area contributed by atoms with Crippen molar-refractivity contribution in [2.75, 3.05) is 18.4 Å². The lowest BCUT2D eigenvalue weighted by Crippen LogP contribution is -2.43. The van der Waals surface area contributed by atoms with E-state index in [1.807, 2.05) is 6.92 Å². The smallest absolute Gasteiger partial charge is 0.320 e. The fourth-order valence-electron chi connectivity index (χ4n) is 1.82. The highest BCUT2D eigenvalue weighted by Gasteiger charge is 2.22. The molecule has 1 atom stereocenters. The summed E-state index contributed by atoms with van der Waals surface area (Å²) in [5.74, 6) is -1.29. The molecule has 1 unspecified atom stereocenters. The molecule has 0 fully saturated rings. The van der Waals surface area contributed by atoms with Crippen LogP contribution in [0.15, 0.2) is 18.2 Å². The SMILES string of the molecule is CCCN(CC(=O)Nc1cc(Cl)ccc1Cl)C(C)C(=O)O. The molecule has 0 spiro atoms. The summed E-state index contributed by atoms with van der Waals surface area (Å²) in [5, 5.41) is 12.5. The number of carboxylic acid groups (broad SMARTS) is 1. The molecule has 1 aromatic rings. The van der Waals surface area contributed by atoms with Gasteiger partial charge in [-0.05, 0) is 38.1 Å². The maximum absolute atomic E-state index is 12.0. The molecule has 0 heterocycles. The van der Waals surface area contributed by atoms with Crippen LogP contribution in [0.1, 0.15) is 20.3 Å². The number of hydrogen-bond acceptors (Lipinski definition) is 3. The van der Waals surface area contributed by atoms with Gasteiger partial charge in [0.2, 0.25) is 5.91 Å². The van der Waals surface area contributed by atoms with Gasteiger partial charge in [0, 0.05) is 5.02 Å². The third-order valence-corrected chi connectivity index (χ3v) is 3.53. The Kier molecular flexibility index (Phi) is 6.95. The summed E-state index contributed by atoms with van der Waals surface area (Å²) >= 11 is 11.8. The van der Waals surface area contributed by atoms with Gasteiger partial charge in [-0.25, -0.2) is 0 Å². The lowest BCUT2D eigenvalue weighted by atomic mass is 10.2. The first kappa shape index (κ1) is 17.8. The van der Waals surface area contributed by atoms with Crippen molar-refractivity contribution >= 4 is 40.8 Å². The standard InChI is InChI=1S/C14H18Cl2N2O3/c1-3-6-18(9(2)14(20)21)8-13(19)17-12-7-10(15)4-5-11(12)16/h4-5,7,9H,3,6,8H2,1-2H3,(H,17,19)(H,20,21).